The van der Waals surface area contributed by atoms with Crippen molar-refractivity contribution in [2.45, 2.75) is 12.4 Å². The van der Waals surface area contributed by atoms with Crippen molar-refractivity contribution >= 4 is 21.8 Å². The van der Waals surface area contributed by atoms with Crippen LogP contribution in [0.25, 0.3) is 72.8 Å². The Morgan fingerprint density at radius 1 is 0.442 bits per heavy atom. The third-order valence-electron chi connectivity index (χ3n) is 8.78. The Bertz CT molecular complexity index is 2520. The van der Waals surface area contributed by atoms with E-state index in [-0.39, 0.29) is 28.6 Å². The number of benzene rings is 6. The largest absolute Gasteiger partial charge is 0.417 e. The van der Waals surface area contributed by atoms with E-state index in [1.165, 1.54) is 30.3 Å². The quantitative estimate of drug-likeness (QED) is 0.168. The van der Waals surface area contributed by atoms with Crippen LogP contribution in [0, 0.1) is 5.82 Å². The lowest BCUT2D eigenvalue weighted by Gasteiger charge is -2.22. The Labute approximate surface area is 291 Å². The van der Waals surface area contributed by atoms with Crippen LogP contribution < -0.4 is 0 Å². The Morgan fingerprint density at radius 2 is 0.981 bits per heavy atom. The highest BCUT2D eigenvalue weighted by molar-refractivity contribution is 6.09. The molecule has 256 valence electrons. The molecule has 6 aromatic carbocycles. The fraction of sp³-hybridized carbons (Fsp3) is 0.0488. The number of hydrogen-bond acceptors (Lipinski definition) is 3. The molecule has 0 aliphatic heterocycles. The first-order valence-electron chi connectivity index (χ1n) is 16.0. The van der Waals surface area contributed by atoms with Crippen LogP contribution in [0.15, 0.2) is 140 Å². The first-order chi connectivity index (χ1) is 25.0. The van der Waals surface area contributed by atoms with Gasteiger partial charge in [0.2, 0.25) is 0 Å². The summed E-state index contributed by atoms with van der Waals surface area (Å²) in [5, 5.41) is 1.27. The minimum absolute atomic E-state index is 0.107. The smallest absolute Gasteiger partial charge is 0.309 e. The van der Waals surface area contributed by atoms with Crippen LogP contribution >= 0.6 is 0 Å². The van der Waals surface area contributed by atoms with Gasteiger partial charge in [-0.15, -0.1) is 0 Å². The van der Waals surface area contributed by atoms with Crippen LogP contribution in [0.1, 0.15) is 11.1 Å². The van der Waals surface area contributed by atoms with Crippen molar-refractivity contribution in [3.8, 4) is 51.0 Å². The maximum absolute atomic E-state index is 14.6. The van der Waals surface area contributed by atoms with Gasteiger partial charge in [-0.2, -0.15) is 26.3 Å². The van der Waals surface area contributed by atoms with Crippen LogP contribution in [-0.4, -0.2) is 19.5 Å². The highest BCUT2D eigenvalue weighted by Gasteiger charge is 2.41. The van der Waals surface area contributed by atoms with Gasteiger partial charge in [0.15, 0.2) is 17.5 Å². The molecule has 8 rings (SSSR count). The summed E-state index contributed by atoms with van der Waals surface area (Å²) in [6.07, 6.45) is -10.3. The second-order valence-electron chi connectivity index (χ2n) is 12.0. The van der Waals surface area contributed by atoms with Gasteiger partial charge in [0, 0.05) is 38.7 Å². The Balaban J connectivity index is 1.50. The molecule has 0 amide bonds. The number of fused-ring (bicyclic) bond motifs is 3. The SMILES string of the molecule is Fc1ccc2c(c1)c1ccccc1n2-c1ccc(-c2c(C(F)(F)F)cccc2C(F)(F)F)c(-c2nc(-c3ccccc3)nc(-c3ccccc3)n2)c1. The fourth-order valence-corrected chi connectivity index (χ4v) is 6.54. The third-order valence-corrected chi connectivity index (χ3v) is 8.78. The summed E-state index contributed by atoms with van der Waals surface area (Å²) in [6, 6.07) is 35.1. The molecule has 2 aromatic heterocycles. The summed E-state index contributed by atoms with van der Waals surface area (Å²) in [5.41, 5.74) is -1.81. The number of halogens is 7. The Kier molecular flexibility index (Phi) is 7.86. The second-order valence-corrected chi connectivity index (χ2v) is 12.0. The highest BCUT2D eigenvalue weighted by Crippen LogP contribution is 2.47. The maximum atomic E-state index is 14.6. The lowest BCUT2D eigenvalue weighted by molar-refractivity contribution is -0.142. The van der Waals surface area contributed by atoms with Gasteiger partial charge < -0.3 is 4.57 Å². The first-order valence-corrected chi connectivity index (χ1v) is 16.0. The van der Waals surface area contributed by atoms with Gasteiger partial charge in [0.25, 0.3) is 0 Å². The molecule has 0 fully saturated rings. The van der Waals surface area contributed by atoms with Crippen molar-refractivity contribution in [3.05, 3.63) is 156 Å². The molecule has 0 radical (unpaired) electrons. The van der Waals surface area contributed by atoms with Crippen LogP contribution in [0.4, 0.5) is 30.7 Å². The number of alkyl halides is 6. The predicted molar refractivity (Wildman–Crippen MR) is 186 cm³/mol. The Morgan fingerprint density at radius 3 is 1.58 bits per heavy atom. The predicted octanol–water partition coefficient (Wildman–Crippen LogP) is 11.8. The van der Waals surface area contributed by atoms with E-state index in [9.17, 15) is 30.7 Å². The van der Waals surface area contributed by atoms with Crippen molar-refractivity contribution in [1.82, 2.24) is 19.5 Å². The van der Waals surface area contributed by atoms with E-state index in [1.54, 1.807) is 89.5 Å². The molecule has 11 heteroatoms. The van der Waals surface area contributed by atoms with E-state index < -0.39 is 34.9 Å². The van der Waals surface area contributed by atoms with E-state index in [4.69, 9.17) is 0 Å². The average Bonchev–Trinajstić information content (AvgIpc) is 3.47. The van der Waals surface area contributed by atoms with E-state index in [0.717, 1.165) is 6.07 Å². The monoisotopic (exact) mass is 704 g/mol. The third kappa shape index (κ3) is 5.83. The van der Waals surface area contributed by atoms with Crippen molar-refractivity contribution in [3.63, 3.8) is 0 Å². The van der Waals surface area contributed by atoms with Gasteiger partial charge >= 0.3 is 12.4 Å². The highest BCUT2D eigenvalue weighted by atomic mass is 19.4. The first kappa shape index (κ1) is 32.8. The summed E-state index contributed by atoms with van der Waals surface area (Å²) in [4.78, 5) is 14.0. The minimum Gasteiger partial charge on any atom is -0.309 e. The van der Waals surface area contributed by atoms with Crippen molar-refractivity contribution in [1.29, 1.82) is 0 Å². The number of nitrogens with zero attached hydrogens (tertiary/aromatic N) is 4. The maximum Gasteiger partial charge on any atom is 0.417 e. The number of rotatable bonds is 5. The van der Waals surface area contributed by atoms with Crippen molar-refractivity contribution < 1.29 is 30.7 Å². The normalized spacial score (nSPS) is 12.1. The molecule has 0 bridgehead atoms. The van der Waals surface area contributed by atoms with Crippen LogP contribution in [0.2, 0.25) is 0 Å². The van der Waals surface area contributed by atoms with Gasteiger partial charge in [-0.25, -0.2) is 19.3 Å². The zero-order valence-corrected chi connectivity index (χ0v) is 26.7. The fourth-order valence-electron chi connectivity index (χ4n) is 6.54. The van der Waals surface area contributed by atoms with E-state index in [2.05, 4.69) is 15.0 Å². The molecule has 0 saturated heterocycles. The molecule has 0 atom stereocenters. The minimum atomic E-state index is -5.15. The Hall–Kier alpha value is -6.36. The zero-order chi connectivity index (χ0) is 36.2. The molecule has 0 saturated carbocycles. The second kappa shape index (κ2) is 12.4. The van der Waals surface area contributed by atoms with Crippen LogP contribution in [0.3, 0.4) is 0 Å². The molecule has 0 N–H and O–H groups in total. The van der Waals surface area contributed by atoms with Crippen LogP contribution in [0.5, 0.6) is 0 Å². The summed E-state index contributed by atoms with van der Waals surface area (Å²) in [7, 11) is 0. The summed E-state index contributed by atoms with van der Waals surface area (Å²) >= 11 is 0. The molecule has 8 aromatic rings. The van der Waals surface area contributed by atoms with Gasteiger partial charge in [0.05, 0.1) is 22.2 Å². The van der Waals surface area contributed by atoms with Gasteiger partial charge in [0.1, 0.15) is 5.82 Å². The van der Waals surface area contributed by atoms with E-state index in [0.29, 0.717) is 50.8 Å². The zero-order valence-electron chi connectivity index (χ0n) is 26.7. The number of hydrogen-bond donors (Lipinski definition) is 0. The molecule has 0 unspecified atom stereocenters. The average molecular weight is 705 g/mol. The molecule has 0 aliphatic rings. The molecular weight excluding hydrogens is 681 g/mol. The van der Waals surface area contributed by atoms with Crippen molar-refractivity contribution in [2.75, 3.05) is 0 Å². The molecule has 2 heterocycles. The van der Waals surface area contributed by atoms with Crippen LogP contribution in [-0.2, 0) is 12.4 Å². The molecule has 0 aliphatic carbocycles. The van der Waals surface area contributed by atoms with Gasteiger partial charge in [-0.3, -0.25) is 0 Å². The molecular formula is C41H23F7N4. The topological polar surface area (TPSA) is 43.6 Å². The lowest BCUT2D eigenvalue weighted by atomic mass is 9.89. The standard InChI is InChI=1S/C41H23F7N4/c42-26-18-21-35-30(22-26)28-14-7-8-17-34(28)52(35)27-19-20-29(36-32(40(43,44)45)15-9-16-33(36)41(46,47)48)31(23-27)39-50-37(24-10-3-1-4-11-24)49-38(51-39)25-12-5-2-6-13-25/h1-23H. The molecule has 52 heavy (non-hydrogen) atoms. The summed E-state index contributed by atoms with van der Waals surface area (Å²) < 4.78 is 104. The van der Waals surface area contributed by atoms with E-state index >= 15 is 0 Å². The number of aromatic nitrogens is 4. The summed E-state index contributed by atoms with van der Waals surface area (Å²) in [6.45, 7) is 0. The summed E-state index contributed by atoms with van der Waals surface area (Å²) in [5.74, 6) is -0.301. The van der Waals surface area contributed by atoms with Gasteiger partial charge in [-0.1, -0.05) is 91.0 Å². The van der Waals surface area contributed by atoms with E-state index in [1.807, 2.05) is 6.07 Å². The molecule has 4 nitrogen and oxygen atoms in total. The van der Waals surface area contributed by atoms with Crippen molar-refractivity contribution in [2.24, 2.45) is 0 Å². The number of para-hydroxylation sites is 1. The molecule has 0 spiro atoms. The van der Waals surface area contributed by atoms with Gasteiger partial charge in [-0.05, 0) is 54.1 Å². The lowest BCUT2D eigenvalue weighted by Crippen LogP contribution is -2.14.